The van der Waals surface area contributed by atoms with Gasteiger partial charge >= 0.3 is 0 Å². The van der Waals surface area contributed by atoms with Crippen LogP contribution in [0.1, 0.15) is 5.56 Å². The molecule has 0 radical (unpaired) electrons. The molecule has 0 atom stereocenters. The molecule has 0 spiro atoms. The number of para-hydroxylation sites is 2. The first-order valence-corrected chi connectivity index (χ1v) is 11.6. The van der Waals surface area contributed by atoms with E-state index in [9.17, 15) is 9.59 Å². The predicted octanol–water partition coefficient (Wildman–Crippen LogP) is 3.18. The highest BCUT2D eigenvalue weighted by molar-refractivity contribution is 8.00. The number of carbonyl (C=O) groups is 2. The highest BCUT2D eigenvalue weighted by Gasteiger charge is 2.24. The lowest BCUT2D eigenvalue weighted by Crippen LogP contribution is -2.42. The Labute approximate surface area is 185 Å². The molecule has 0 unspecified atom stereocenters. The minimum Gasteiger partial charge on any atom is -0.378 e. The van der Waals surface area contributed by atoms with E-state index in [1.165, 1.54) is 5.56 Å². The van der Waals surface area contributed by atoms with Gasteiger partial charge in [-0.2, -0.15) is 0 Å². The Morgan fingerprint density at radius 2 is 1.71 bits per heavy atom. The number of fused-ring (bicyclic) bond motifs is 2. The van der Waals surface area contributed by atoms with Gasteiger partial charge in [0.2, 0.25) is 11.8 Å². The number of benzene rings is 2. The van der Waals surface area contributed by atoms with E-state index in [0.29, 0.717) is 38.6 Å². The summed E-state index contributed by atoms with van der Waals surface area (Å²) in [4.78, 5) is 30.5. The van der Waals surface area contributed by atoms with Crippen LogP contribution in [0.4, 0.5) is 5.69 Å². The van der Waals surface area contributed by atoms with E-state index in [2.05, 4.69) is 12.1 Å². The third-order valence-electron chi connectivity index (χ3n) is 5.96. The maximum atomic E-state index is 12.9. The van der Waals surface area contributed by atoms with Crippen LogP contribution in [0.25, 0.3) is 10.9 Å². The van der Waals surface area contributed by atoms with Crippen LogP contribution in [0.15, 0.2) is 59.6 Å². The number of ether oxygens (including phenoxy) is 1. The molecule has 6 nitrogen and oxygen atoms in total. The maximum Gasteiger partial charge on any atom is 0.242 e. The van der Waals surface area contributed by atoms with Crippen molar-refractivity contribution < 1.29 is 14.3 Å². The second-order valence-electron chi connectivity index (χ2n) is 7.84. The first kappa shape index (κ1) is 20.2. The summed E-state index contributed by atoms with van der Waals surface area (Å²) in [6.07, 6.45) is 2.93. The summed E-state index contributed by atoms with van der Waals surface area (Å²) in [5.41, 5.74) is 3.29. The number of anilines is 1. The highest BCUT2D eigenvalue weighted by atomic mass is 32.2. The lowest BCUT2D eigenvalue weighted by molar-refractivity contribution is -0.135. The number of morpholine rings is 1. The number of rotatable bonds is 5. The lowest BCUT2D eigenvalue weighted by atomic mass is 10.2. The fraction of sp³-hybridized carbons (Fsp3) is 0.333. The molecule has 2 aliphatic rings. The van der Waals surface area contributed by atoms with Crippen LogP contribution in [-0.4, -0.2) is 59.9 Å². The van der Waals surface area contributed by atoms with Gasteiger partial charge in [0.15, 0.2) is 0 Å². The van der Waals surface area contributed by atoms with E-state index in [-0.39, 0.29) is 11.8 Å². The summed E-state index contributed by atoms with van der Waals surface area (Å²) in [5.74, 6) is 0.598. The molecule has 0 saturated carbocycles. The van der Waals surface area contributed by atoms with Crippen molar-refractivity contribution in [3.05, 3.63) is 60.3 Å². The van der Waals surface area contributed by atoms with Crippen LogP contribution < -0.4 is 4.90 Å². The minimum atomic E-state index is 0.102. The topological polar surface area (TPSA) is 54.8 Å². The summed E-state index contributed by atoms with van der Waals surface area (Å²) >= 11 is 1.55. The second-order valence-corrected chi connectivity index (χ2v) is 8.86. The predicted molar refractivity (Wildman–Crippen MR) is 123 cm³/mol. The molecule has 2 aromatic carbocycles. The first-order chi connectivity index (χ1) is 15.2. The Kier molecular flexibility index (Phi) is 5.70. The number of carbonyl (C=O) groups excluding carboxylic acids is 2. The van der Waals surface area contributed by atoms with Crippen molar-refractivity contribution in [2.24, 2.45) is 0 Å². The van der Waals surface area contributed by atoms with Gasteiger partial charge in [0.1, 0.15) is 6.54 Å². The number of hydrogen-bond donors (Lipinski definition) is 0. The molecule has 31 heavy (non-hydrogen) atoms. The van der Waals surface area contributed by atoms with Crippen LogP contribution >= 0.6 is 11.8 Å². The molecule has 1 saturated heterocycles. The SMILES string of the molecule is O=C(Cn1cc(SCC(=O)N2CCc3ccccc32)c2ccccc21)N1CCOCC1. The molecule has 1 fully saturated rings. The van der Waals surface area contributed by atoms with Crippen LogP contribution in [0.5, 0.6) is 0 Å². The highest BCUT2D eigenvalue weighted by Crippen LogP contribution is 2.32. The largest absolute Gasteiger partial charge is 0.378 e. The van der Waals surface area contributed by atoms with Crippen LogP contribution in [-0.2, 0) is 27.3 Å². The van der Waals surface area contributed by atoms with Gasteiger partial charge in [-0.05, 0) is 24.1 Å². The Morgan fingerprint density at radius 1 is 0.935 bits per heavy atom. The van der Waals surface area contributed by atoms with E-state index in [1.54, 1.807) is 11.8 Å². The van der Waals surface area contributed by atoms with E-state index in [0.717, 1.165) is 34.5 Å². The zero-order valence-electron chi connectivity index (χ0n) is 17.3. The third-order valence-corrected chi connectivity index (χ3v) is 6.99. The zero-order chi connectivity index (χ0) is 21.2. The molecule has 0 N–H and O–H groups in total. The number of aromatic nitrogens is 1. The quantitative estimate of drug-likeness (QED) is 0.578. The Hall–Kier alpha value is -2.77. The van der Waals surface area contributed by atoms with Crippen molar-refractivity contribution >= 4 is 40.2 Å². The fourth-order valence-electron chi connectivity index (χ4n) is 4.33. The first-order valence-electron chi connectivity index (χ1n) is 10.6. The third kappa shape index (κ3) is 4.07. The molecule has 5 rings (SSSR count). The van der Waals surface area contributed by atoms with Gasteiger partial charge in [-0.1, -0.05) is 36.4 Å². The Bertz CT molecular complexity index is 1120. The van der Waals surface area contributed by atoms with E-state index in [1.807, 2.05) is 57.0 Å². The Balaban J connectivity index is 1.31. The van der Waals surface area contributed by atoms with Crippen molar-refractivity contribution in [3.63, 3.8) is 0 Å². The van der Waals surface area contributed by atoms with Gasteiger partial charge in [0.05, 0.1) is 19.0 Å². The lowest BCUT2D eigenvalue weighted by Gasteiger charge is -2.27. The number of thioether (sulfide) groups is 1. The summed E-state index contributed by atoms with van der Waals surface area (Å²) in [6, 6.07) is 16.2. The maximum absolute atomic E-state index is 12.9. The van der Waals surface area contributed by atoms with Gasteiger partial charge in [-0.3, -0.25) is 9.59 Å². The Morgan fingerprint density at radius 3 is 2.58 bits per heavy atom. The van der Waals surface area contributed by atoms with Gasteiger partial charge in [-0.15, -0.1) is 11.8 Å². The minimum absolute atomic E-state index is 0.102. The zero-order valence-corrected chi connectivity index (χ0v) is 18.1. The smallest absolute Gasteiger partial charge is 0.242 e. The molecule has 2 aliphatic heterocycles. The molecule has 3 aromatic rings. The summed E-state index contributed by atoms with van der Waals surface area (Å²) in [5, 5.41) is 1.08. The van der Waals surface area contributed by atoms with Crippen molar-refractivity contribution in [3.8, 4) is 0 Å². The molecule has 0 aliphatic carbocycles. The molecule has 2 amide bonds. The average Bonchev–Trinajstić information content (AvgIpc) is 3.40. The van der Waals surface area contributed by atoms with Crippen molar-refractivity contribution in [2.45, 2.75) is 17.9 Å². The van der Waals surface area contributed by atoms with Crippen molar-refractivity contribution in [1.82, 2.24) is 9.47 Å². The second kappa shape index (κ2) is 8.77. The summed E-state index contributed by atoms with van der Waals surface area (Å²) in [7, 11) is 0. The van der Waals surface area contributed by atoms with E-state index in [4.69, 9.17) is 4.74 Å². The van der Waals surface area contributed by atoms with Crippen LogP contribution in [0.2, 0.25) is 0 Å². The average molecular weight is 436 g/mol. The van der Waals surface area contributed by atoms with Crippen molar-refractivity contribution in [1.29, 1.82) is 0 Å². The van der Waals surface area contributed by atoms with Gasteiger partial charge in [0.25, 0.3) is 0 Å². The molecular formula is C24H25N3O3S. The van der Waals surface area contributed by atoms with Crippen molar-refractivity contribution in [2.75, 3.05) is 43.5 Å². The molecule has 3 heterocycles. The fourth-order valence-corrected chi connectivity index (χ4v) is 5.30. The summed E-state index contributed by atoms with van der Waals surface area (Å²) < 4.78 is 7.36. The monoisotopic (exact) mass is 435 g/mol. The molecule has 1 aromatic heterocycles. The van der Waals surface area contributed by atoms with Crippen LogP contribution in [0, 0.1) is 0 Å². The normalized spacial score (nSPS) is 16.0. The number of amides is 2. The number of hydrogen-bond acceptors (Lipinski definition) is 4. The molecule has 7 heteroatoms. The molecule has 160 valence electrons. The standard InChI is InChI=1S/C24H25N3O3S/c28-23(25-11-13-30-14-12-25)16-26-15-22(19-6-2-4-8-21(19)26)31-17-24(29)27-10-9-18-5-1-3-7-20(18)27/h1-8,15H,9-14,16-17H2. The molecule has 0 bridgehead atoms. The van der Waals surface area contributed by atoms with Gasteiger partial charge in [-0.25, -0.2) is 0 Å². The number of nitrogens with zero attached hydrogens (tertiary/aromatic N) is 3. The molecular weight excluding hydrogens is 410 g/mol. The van der Waals surface area contributed by atoms with E-state index < -0.39 is 0 Å². The van der Waals surface area contributed by atoms with Gasteiger partial charge in [0, 0.05) is 47.3 Å². The summed E-state index contributed by atoms with van der Waals surface area (Å²) in [6.45, 7) is 3.53. The van der Waals surface area contributed by atoms with Gasteiger partial charge < -0.3 is 19.1 Å². The van der Waals surface area contributed by atoms with Crippen LogP contribution in [0.3, 0.4) is 0 Å². The van der Waals surface area contributed by atoms with E-state index >= 15 is 0 Å².